The molecule has 1 amide bonds. The van der Waals surface area contributed by atoms with Crippen LogP contribution in [0.5, 0.6) is 0 Å². The molecule has 1 N–H and O–H groups in total. The summed E-state index contributed by atoms with van der Waals surface area (Å²) in [6.07, 6.45) is 4.49. The van der Waals surface area contributed by atoms with Gasteiger partial charge in [0, 0.05) is 12.0 Å². The monoisotopic (exact) mass is 320 g/mol. The summed E-state index contributed by atoms with van der Waals surface area (Å²) in [7, 11) is 0. The van der Waals surface area contributed by atoms with E-state index in [0.717, 1.165) is 18.9 Å². The Hall–Kier alpha value is -2.24. The second kappa shape index (κ2) is 6.10. The highest BCUT2D eigenvalue weighted by Crippen LogP contribution is 2.42. The first kappa shape index (κ1) is 15.6. The van der Waals surface area contributed by atoms with Crippen molar-refractivity contribution in [2.45, 2.75) is 38.0 Å². The van der Waals surface area contributed by atoms with Gasteiger partial charge < -0.3 is 9.73 Å². The lowest BCUT2D eigenvalue weighted by molar-refractivity contribution is 0.0936. The molecule has 0 atom stereocenters. The van der Waals surface area contributed by atoms with Gasteiger partial charge in [0.15, 0.2) is 23.7 Å². The number of hydrogen-bond acceptors (Lipinski definition) is 3. The molecule has 1 aromatic carbocycles. The van der Waals surface area contributed by atoms with E-state index in [1.54, 1.807) is 13.0 Å². The van der Waals surface area contributed by atoms with Crippen LogP contribution in [0.2, 0.25) is 0 Å². The second-order valence-electron chi connectivity index (χ2n) is 6.03. The van der Waals surface area contributed by atoms with Crippen LogP contribution in [0.4, 0.5) is 8.78 Å². The number of halogens is 2. The lowest BCUT2D eigenvalue weighted by atomic mass is 9.78. The van der Waals surface area contributed by atoms with Crippen LogP contribution >= 0.6 is 0 Å². The molecule has 6 heteroatoms. The number of benzene rings is 1. The van der Waals surface area contributed by atoms with Crippen LogP contribution in [0.15, 0.2) is 29.0 Å². The molecule has 23 heavy (non-hydrogen) atoms. The van der Waals surface area contributed by atoms with Crippen LogP contribution in [0.3, 0.4) is 0 Å². The Morgan fingerprint density at radius 2 is 2.09 bits per heavy atom. The van der Waals surface area contributed by atoms with Crippen molar-refractivity contribution in [3.63, 3.8) is 0 Å². The third-order valence-corrected chi connectivity index (χ3v) is 4.63. The minimum Gasteiger partial charge on any atom is -0.448 e. The van der Waals surface area contributed by atoms with E-state index in [2.05, 4.69) is 10.3 Å². The number of carbonyl (C=O) groups excluding carboxylic acids is 1. The van der Waals surface area contributed by atoms with Gasteiger partial charge in [0.1, 0.15) is 5.76 Å². The average molecular weight is 320 g/mol. The summed E-state index contributed by atoms with van der Waals surface area (Å²) in [6, 6.07) is 4.23. The van der Waals surface area contributed by atoms with Gasteiger partial charge in [-0.1, -0.05) is 25.0 Å². The predicted octanol–water partition coefficient (Wildman–Crippen LogP) is 3.50. The molecule has 2 aromatic rings. The maximum absolute atomic E-state index is 14.2. The quantitative estimate of drug-likeness (QED) is 0.938. The van der Waals surface area contributed by atoms with Gasteiger partial charge in [0.05, 0.1) is 0 Å². The number of aromatic nitrogens is 1. The highest BCUT2D eigenvalue weighted by molar-refractivity contribution is 5.93. The zero-order valence-corrected chi connectivity index (χ0v) is 12.9. The predicted molar refractivity (Wildman–Crippen MR) is 80.1 cm³/mol. The Morgan fingerprint density at radius 3 is 2.74 bits per heavy atom. The van der Waals surface area contributed by atoms with Crippen LogP contribution in [0.25, 0.3) is 0 Å². The number of nitrogens with zero attached hydrogens (tertiary/aromatic N) is 1. The summed E-state index contributed by atoms with van der Waals surface area (Å²) < 4.78 is 32.9. The number of hydrogen-bond donors (Lipinski definition) is 1. The fraction of sp³-hybridized carbons (Fsp3) is 0.412. The Bertz CT molecular complexity index is 721. The van der Waals surface area contributed by atoms with Crippen LogP contribution in [0, 0.1) is 18.6 Å². The Kier molecular flexibility index (Phi) is 4.15. The first-order chi connectivity index (χ1) is 11.0. The van der Waals surface area contributed by atoms with Gasteiger partial charge in [-0.2, -0.15) is 0 Å². The smallest absolute Gasteiger partial charge is 0.273 e. The molecule has 0 spiro atoms. The van der Waals surface area contributed by atoms with Gasteiger partial charge in [0.2, 0.25) is 0 Å². The molecule has 4 nitrogen and oxygen atoms in total. The van der Waals surface area contributed by atoms with Crippen molar-refractivity contribution in [3.8, 4) is 0 Å². The van der Waals surface area contributed by atoms with Crippen LogP contribution in [-0.4, -0.2) is 17.4 Å². The molecule has 1 aliphatic carbocycles. The molecule has 0 bridgehead atoms. The number of amides is 1. The minimum atomic E-state index is -0.854. The van der Waals surface area contributed by atoms with E-state index in [1.807, 2.05) is 0 Å². The molecular weight excluding hydrogens is 302 g/mol. The summed E-state index contributed by atoms with van der Waals surface area (Å²) in [4.78, 5) is 16.1. The highest BCUT2D eigenvalue weighted by Gasteiger charge is 2.38. The van der Waals surface area contributed by atoms with Crippen molar-refractivity contribution in [2.24, 2.45) is 0 Å². The van der Waals surface area contributed by atoms with Gasteiger partial charge in [0.25, 0.3) is 5.91 Å². The lowest BCUT2D eigenvalue weighted by Crippen LogP contribution is -2.40. The first-order valence-corrected chi connectivity index (χ1v) is 7.66. The zero-order chi connectivity index (χ0) is 16.4. The van der Waals surface area contributed by atoms with E-state index in [9.17, 15) is 13.6 Å². The SMILES string of the molecule is Cc1ocnc1C(=O)NCC1(c2cccc(F)c2F)CCCC1. The molecular formula is C17H18F2N2O2. The van der Waals surface area contributed by atoms with Crippen LogP contribution in [0.1, 0.15) is 47.5 Å². The van der Waals surface area contributed by atoms with Crippen molar-refractivity contribution in [1.82, 2.24) is 10.3 Å². The molecule has 0 radical (unpaired) electrons. The number of nitrogens with one attached hydrogen (secondary N) is 1. The molecule has 122 valence electrons. The van der Waals surface area contributed by atoms with Gasteiger partial charge in [-0.15, -0.1) is 0 Å². The molecule has 1 fully saturated rings. The molecule has 0 unspecified atom stereocenters. The normalized spacial score (nSPS) is 16.5. The maximum atomic E-state index is 14.2. The van der Waals surface area contributed by atoms with E-state index >= 15 is 0 Å². The standard InChI is InChI=1S/C17H18F2N2O2/c1-11-15(21-10-23-11)16(22)20-9-17(7-2-3-8-17)12-5-4-6-13(18)14(12)19/h4-6,10H,2-3,7-9H2,1H3,(H,20,22). The van der Waals surface area contributed by atoms with Crippen molar-refractivity contribution in [2.75, 3.05) is 6.54 Å². The Balaban J connectivity index is 1.83. The third kappa shape index (κ3) is 2.85. The molecule has 1 aromatic heterocycles. The Morgan fingerprint density at radius 1 is 1.35 bits per heavy atom. The molecule has 3 rings (SSSR count). The van der Waals surface area contributed by atoms with Crippen LogP contribution < -0.4 is 5.32 Å². The number of oxazole rings is 1. The molecule has 1 aliphatic rings. The third-order valence-electron chi connectivity index (χ3n) is 4.63. The van der Waals surface area contributed by atoms with Crippen molar-refractivity contribution < 1.29 is 18.0 Å². The molecule has 1 saturated carbocycles. The summed E-state index contributed by atoms with van der Waals surface area (Å²) in [5.74, 6) is -1.60. The Labute approximate surface area is 132 Å². The zero-order valence-electron chi connectivity index (χ0n) is 12.9. The summed E-state index contributed by atoms with van der Waals surface area (Å²) in [5, 5.41) is 2.80. The number of carbonyl (C=O) groups is 1. The molecule has 1 heterocycles. The fourth-order valence-electron chi connectivity index (χ4n) is 3.36. The van der Waals surface area contributed by atoms with Crippen molar-refractivity contribution >= 4 is 5.91 Å². The van der Waals surface area contributed by atoms with Gasteiger partial charge in [-0.25, -0.2) is 13.8 Å². The topological polar surface area (TPSA) is 55.1 Å². The van der Waals surface area contributed by atoms with Gasteiger partial charge >= 0.3 is 0 Å². The van der Waals surface area contributed by atoms with E-state index in [4.69, 9.17) is 4.42 Å². The highest BCUT2D eigenvalue weighted by atomic mass is 19.2. The number of aryl methyl sites for hydroxylation is 1. The molecule has 0 saturated heterocycles. The van der Waals surface area contributed by atoms with E-state index in [-0.39, 0.29) is 18.1 Å². The fourth-order valence-corrected chi connectivity index (χ4v) is 3.36. The van der Waals surface area contributed by atoms with E-state index in [0.29, 0.717) is 24.2 Å². The first-order valence-electron chi connectivity index (χ1n) is 7.66. The van der Waals surface area contributed by atoms with E-state index < -0.39 is 17.0 Å². The van der Waals surface area contributed by atoms with Gasteiger partial charge in [-0.05, 0) is 31.4 Å². The maximum Gasteiger partial charge on any atom is 0.273 e. The average Bonchev–Trinajstić information content (AvgIpc) is 3.17. The largest absolute Gasteiger partial charge is 0.448 e. The van der Waals surface area contributed by atoms with E-state index in [1.165, 1.54) is 12.5 Å². The summed E-state index contributed by atoms with van der Waals surface area (Å²) in [5.41, 5.74) is -0.00974. The minimum absolute atomic E-state index is 0.220. The summed E-state index contributed by atoms with van der Waals surface area (Å²) >= 11 is 0. The van der Waals surface area contributed by atoms with Crippen LogP contribution in [-0.2, 0) is 5.41 Å². The number of rotatable bonds is 4. The van der Waals surface area contributed by atoms with Crippen molar-refractivity contribution in [3.05, 3.63) is 53.2 Å². The second-order valence-corrected chi connectivity index (χ2v) is 6.03. The van der Waals surface area contributed by atoms with Crippen molar-refractivity contribution in [1.29, 1.82) is 0 Å². The molecule has 0 aliphatic heterocycles. The summed E-state index contributed by atoms with van der Waals surface area (Å²) in [6.45, 7) is 1.90. The van der Waals surface area contributed by atoms with Gasteiger partial charge in [-0.3, -0.25) is 4.79 Å². The lowest BCUT2D eigenvalue weighted by Gasteiger charge is -2.30.